The molecule has 1 amide bonds. The van der Waals surface area contributed by atoms with Crippen LogP contribution in [0.3, 0.4) is 0 Å². The van der Waals surface area contributed by atoms with E-state index in [-0.39, 0.29) is 5.91 Å². The smallest absolute Gasteiger partial charge is 0.223 e. The second-order valence-corrected chi connectivity index (χ2v) is 4.96. The second kappa shape index (κ2) is 6.57. The number of carbonyl (C=O) groups is 1. The standard InChI is InChI=1S/C15H21NO3/c1-18-7-6-16-11-13(10-15(16)17)8-12-4-3-5-14(9-12)19-2/h3-5,9,13H,6-8,10-11H2,1-2H3/t13-/m1/s1. The lowest BCUT2D eigenvalue weighted by molar-refractivity contribution is -0.128. The molecule has 1 aliphatic heterocycles. The molecule has 0 N–H and O–H groups in total. The highest BCUT2D eigenvalue weighted by Crippen LogP contribution is 2.23. The van der Waals surface area contributed by atoms with Crippen molar-refractivity contribution >= 4 is 5.91 Å². The Morgan fingerprint density at radius 1 is 1.37 bits per heavy atom. The van der Waals surface area contributed by atoms with Crippen molar-refractivity contribution in [2.45, 2.75) is 12.8 Å². The Morgan fingerprint density at radius 3 is 2.95 bits per heavy atom. The van der Waals surface area contributed by atoms with Crippen molar-refractivity contribution in [3.8, 4) is 5.75 Å². The fraction of sp³-hybridized carbons (Fsp3) is 0.533. The molecular formula is C15H21NO3. The second-order valence-electron chi connectivity index (χ2n) is 4.96. The van der Waals surface area contributed by atoms with Gasteiger partial charge in [0.1, 0.15) is 5.75 Å². The molecule has 4 heteroatoms. The molecule has 1 saturated heterocycles. The average Bonchev–Trinajstić information content (AvgIpc) is 2.76. The Bertz CT molecular complexity index is 433. The Kier molecular flexibility index (Phi) is 4.80. The first-order valence-electron chi connectivity index (χ1n) is 6.62. The third kappa shape index (κ3) is 3.70. The summed E-state index contributed by atoms with van der Waals surface area (Å²) in [6, 6.07) is 8.06. The minimum absolute atomic E-state index is 0.241. The summed E-state index contributed by atoms with van der Waals surface area (Å²) in [6.07, 6.45) is 1.56. The van der Waals surface area contributed by atoms with Gasteiger partial charge >= 0.3 is 0 Å². The number of benzene rings is 1. The Labute approximate surface area is 114 Å². The number of amides is 1. The molecule has 0 spiro atoms. The van der Waals surface area contributed by atoms with Crippen molar-refractivity contribution in [1.82, 2.24) is 4.90 Å². The van der Waals surface area contributed by atoms with E-state index in [1.165, 1.54) is 5.56 Å². The highest BCUT2D eigenvalue weighted by atomic mass is 16.5. The van der Waals surface area contributed by atoms with Crippen LogP contribution >= 0.6 is 0 Å². The molecule has 0 bridgehead atoms. The minimum atomic E-state index is 0.241. The van der Waals surface area contributed by atoms with Gasteiger partial charge in [0.2, 0.25) is 5.91 Å². The van der Waals surface area contributed by atoms with Gasteiger partial charge < -0.3 is 14.4 Å². The molecule has 0 aliphatic carbocycles. The quantitative estimate of drug-likeness (QED) is 0.784. The van der Waals surface area contributed by atoms with Crippen LogP contribution < -0.4 is 4.74 Å². The molecule has 0 unspecified atom stereocenters. The van der Waals surface area contributed by atoms with Crippen LogP contribution in [0.2, 0.25) is 0 Å². The summed E-state index contributed by atoms with van der Waals surface area (Å²) in [6.45, 7) is 2.14. The van der Waals surface area contributed by atoms with Gasteiger partial charge in [-0.1, -0.05) is 12.1 Å². The first-order valence-corrected chi connectivity index (χ1v) is 6.62. The Hall–Kier alpha value is -1.55. The van der Waals surface area contributed by atoms with Crippen LogP contribution in [0.5, 0.6) is 5.75 Å². The van der Waals surface area contributed by atoms with Crippen molar-refractivity contribution in [2.75, 3.05) is 33.9 Å². The fourth-order valence-electron chi connectivity index (χ4n) is 2.54. The van der Waals surface area contributed by atoms with Crippen LogP contribution in [0.4, 0.5) is 0 Å². The third-order valence-electron chi connectivity index (χ3n) is 3.52. The summed E-state index contributed by atoms with van der Waals surface area (Å²) < 4.78 is 10.2. The highest BCUT2D eigenvalue weighted by molar-refractivity contribution is 5.78. The van der Waals surface area contributed by atoms with E-state index in [1.807, 2.05) is 23.1 Å². The molecule has 1 aromatic rings. The molecule has 4 nitrogen and oxygen atoms in total. The Morgan fingerprint density at radius 2 is 2.21 bits per heavy atom. The number of likely N-dealkylation sites (tertiary alicyclic amines) is 1. The lowest BCUT2D eigenvalue weighted by Gasteiger charge is -2.16. The maximum atomic E-state index is 11.8. The van der Waals surface area contributed by atoms with Crippen LogP contribution in [0.25, 0.3) is 0 Å². The molecule has 2 rings (SSSR count). The molecule has 1 atom stereocenters. The lowest BCUT2D eigenvalue weighted by Crippen LogP contribution is -2.28. The van der Waals surface area contributed by atoms with E-state index in [2.05, 4.69) is 6.07 Å². The van der Waals surface area contributed by atoms with E-state index in [1.54, 1.807) is 14.2 Å². The first-order chi connectivity index (χ1) is 9.22. The predicted molar refractivity (Wildman–Crippen MR) is 73.3 cm³/mol. The van der Waals surface area contributed by atoms with Gasteiger partial charge in [0.15, 0.2) is 0 Å². The topological polar surface area (TPSA) is 38.8 Å². The SMILES string of the molecule is COCCN1C[C@H](Cc2cccc(OC)c2)CC1=O. The average molecular weight is 263 g/mol. The Balaban J connectivity index is 1.91. The predicted octanol–water partition coefficient (Wildman–Crippen LogP) is 1.73. The van der Waals surface area contributed by atoms with Gasteiger partial charge in [-0.15, -0.1) is 0 Å². The van der Waals surface area contributed by atoms with Gasteiger partial charge in [0.05, 0.1) is 13.7 Å². The molecule has 19 heavy (non-hydrogen) atoms. The number of hydrogen-bond donors (Lipinski definition) is 0. The van der Waals surface area contributed by atoms with E-state index in [9.17, 15) is 4.79 Å². The first kappa shape index (κ1) is 13.9. The molecule has 1 fully saturated rings. The van der Waals surface area contributed by atoms with Crippen molar-refractivity contribution < 1.29 is 14.3 Å². The summed E-state index contributed by atoms with van der Waals surface area (Å²) in [5.74, 6) is 1.51. The van der Waals surface area contributed by atoms with Crippen LogP contribution in [-0.4, -0.2) is 44.7 Å². The van der Waals surface area contributed by atoms with E-state index < -0.39 is 0 Å². The normalized spacial score (nSPS) is 18.9. The van der Waals surface area contributed by atoms with Crippen LogP contribution in [0.1, 0.15) is 12.0 Å². The van der Waals surface area contributed by atoms with Crippen LogP contribution in [0, 0.1) is 5.92 Å². The summed E-state index contributed by atoms with van der Waals surface area (Å²) >= 11 is 0. The molecule has 1 aromatic carbocycles. The lowest BCUT2D eigenvalue weighted by atomic mass is 9.98. The number of methoxy groups -OCH3 is 2. The zero-order valence-corrected chi connectivity index (χ0v) is 11.6. The molecule has 0 aromatic heterocycles. The van der Waals surface area contributed by atoms with Gasteiger partial charge in [0, 0.05) is 26.6 Å². The van der Waals surface area contributed by atoms with Crippen molar-refractivity contribution in [3.05, 3.63) is 29.8 Å². The largest absolute Gasteiger partial charge is 0.497 e. The van der Waals surface area contributed by atoms with Crippen molar-refractivity contribution in [2.24, 2.45) is 5.92 Å². The van der Waals surface area contributed by atoms with Gasteiger partial charge in [-0.25, -0.2) is 0 Å². The monoisotopic (exact) mass is 263 g/mol. The fourth-order valence-corrected chi connectivity index (χ4v) is 2.54. The van der Waals surface area contributed by atoms with Gasteiger partial charge in [-0.2, -0.15) is 0 Å². The van der Waals surface area contributed by atoms with E-state index in [4.69, 9.17) is 9.47 Å². The highest BCUT2D eigenvalue weighted by Gasteiger charge is 2.29. The van der Waals surface area contributed by atoms with E-state index in [0.717, 1.165) is 18.7 Å². The van der Waals surface area contributed by atoms with Gasteiger partial charge in [-0.05, 0) is 30.0 Å². The molecule has 0 saturated carbocycles. The number of nitrogens with zero attached hydrogens (tertiary/aromatic N) is 1. The minimum Gasteiger partial charge on any atom is -0.497 e. The van der Waals surface area contributed by atoms with E-state index in [0.29, 0.717) is 25.5 Å². The summed E-state index contributed by atoms with van der Waals surface area (Å²) in [5, 5.41) is 0. The number of rotatable bonds is 6. The third-order valence-corrected chi connectivity index (χ3v) is 3.52. The van der Waals surface area contributed by atoms with E-state index >= 15 is 0 Å². The van der Waals surface area contributed by atoms with Crippen molar-refractivity contribution in [1.29, 1.82) is 0 Å². The summed E-state index contributed by atoms with van der Waals surface area (Å²) in [5.41, 5.74) is 1.23. The molecule has 104 valence electrons. The summed E-state index contributed by atoms with van der Waals surface area (Å²) in [7, 11) is 3.33. The number of ether oxygens (including phenoxy) is 2. The molecule has 0 radical (unpaired) electrons. The van der Waals surface area contributed by atoms with Gasteiger partial charge in [-0.3, -0.25) is 4.79 Å². The molecular weight excluding hydrogens is 242 g/mol. The van der Waals surface area contributed by atoms with Gasteiger partial charge in [0.25, 0.3) is 0 Å². The zero-order chi connectivity index (χ0) is 13.7. The summed E-state index contributed by atoms with van der Waals surface area (Å²) in [4.78, 5) is 13.7. The maximum Gasteiger partial charge on any atom is 0.223 e. The molecule has 1 heterocycles. The van der Waals surface area contributed by atoms with Crippen molar-refractivity contribution in [3.63, 3.8) is 0 Å². The molecule has 1 aliphatic rings. The number of hydrogen-bond acceptors (Lipinski definition) is 3. The van der Waals surface area contributed by atoms with Crippen LogP contribution in [0.15, 0.2) is 24.3 Å². The van der Waals surface area contributed by atoms with Crippen LogP contribution in [-0.2, 0) is 16.0 Å². The maximum absolute atomic E-state index is 11.8. The zero-order valence-electron chi connectivity index (χ0n) is 11.6. The number of carbonyl (C=O) groups excluding carboxylic acids is 1.